The Kier molecular flexibility index (Phi) is 6.96. The fourth-order valence-electron chi connectivity index (χ4n) is 4.53. The predicted octanol–water partition coefficient (Wildman–Crippen LogP) is 7.88. The van der Waals surface area contributed by atoms with Crippen LogP contribution in [0.2, 0.25) is 5.02 Å². The van der Waals surface area contributed by atoms with Gasteiger partial charge >= 0.3 is 6.09 Å². The summed E-state index contributed by atoms with van der Waals surface area (Å²) in [5, 5.41) is 7.39. The Balaban J connectivity index is 1.29. The van der Waals surface area contributed by atoms with Crippen LogP contribution in [0, 0.1) is 6.92 Å². The first-order valence-electron chi connectivity index (χ1n) is 12.1. The Hall–Kier alpha value is -3.77. The third kappa shape index (κ3) is 5.09. The highest BCUT2D eigenvalue weighted by Gasteiger charge is 2.21. The lowest BCUT2D eigenvalue weighted by Crippen LogP contribution is -2.17. The van der Waals surface area contributed by atoms with Crippen LogP contribution in [0.15, 0.2) is 77.3 Å². The number of ether oxygens (including phenoxy) is 1. The minimum Gasteiger partial charge on any atom is -0.441 e. The lowest BCUT2D eigenvalue weighted by atomic mass is 10.0. The van der Waals surface area contributed by atoms with Gasteiger partial charge in [-0.25, -0.2) is 4.79 Å². The summed E-state index contributed by atoms with van der Waals surface area (Å²) in [5.74, 6) is 0.478. The molecule has 1 amide bonds. The van der Waals surface area contributed by atoms with Gasteiger partial charge in [0, 0.05) is 34.9 Å². The number of hydrogen-bond donors (Lipinski definition) is 1. The van der Waals surface area contributed by atoms with Crippen molar-refractivity contribution in [3.63, 3.8) is 0 Å². The van der Waals surface area contributed by atoms with Crippen LogP contribution < -0.4 is 10.2 Å². The number of aromatic nitrogens is 1. The van der Waals surface area contributed by atoms with Crippen molar-refractivity contribution in [3.05, 3.63) is 89.1 Å². The number of carbonyl (C=O) groups excluding carboxylic acids is 1. The molecule has 0 spiro atoms. The number of nitrogens with zero attached hydrogens (tertiary/aromatic N) is 2. The van der Waals surface area contributed by atoms with Gasteiger partial charge in [0.15, 0.2) is 5.76 Å². The molecule has 1 saturated heterocycles. The minimum absolute atomic E-state index is 0.478. The second-order valence-electron chi connectivity index (χ2n) is 8.98. The lowest BCUT2D eigenvalue weighted by Gasteiger charge is -2.17. The van der Waals surface area contributed by atoms with Gasteiger partial charge in [-0.3, -0.25) is 5.32 Å². The first-order chi connectivity index (χ1) is 17.5. The molecular weight excluding hydrogens is 474 g/mol. The summed E-state index contributed by atoms with van der Waals surface area (Å²) < 4.78 is 11.1. The Morgan fingerprint density at radius 2 is 1.58 bits per heavy atom. The molecule has 184 valence electrons. The molecule has 3 aromatic carbocycles. The quantitative estimate of drug-likeness (QED) is 0.291. The number of nitrogens with one attached hydrogen (secondary N) is 1. The molecule has 1 aliphatic heterocycles. The molecule has 4 aromatic rings. The number of aryl methyl sites for hydroxylation is 1. The van der Waals surface area contributed by atoms with Gasteiger partial charge < -0.3 is 14.2 Å². The predicted molar refractivity (Wildman–Crippen MR) is 144 cm³/mol. The Bertz CT molecular complexity index is 1340. The topological polar surface area (TPSA) is 67.6 Å². The molecule has 0 radical (unpaired) electrons. The van der Waals surface area contributed by atoms with E-state index in [1.165, 1.54) is 18.5 Å². The summed E-state index contributed by atoms with van der Waals surface area (Å²) in [6.45, 7) is 5.82. The fraction of sp³-hybridized carbons (Fsp3) is 0.241. The maximum Gasteiger partial charge on any atom is 0.412 e. The van der Waals surface area contributed by atoms with Crippen LogP contribution in [0.25, 0.3) is 22.5 Å². The van der Waals surface area contributed by atoms with Crippen LogP contribution in [0.5, 0.6) is 0 Å². The van der Waals surface area contributed by atoms with E-state index < -0.39 is 12.2 Å². The zero-order chi connectivity index (χ0) is 25.1. The molecule has 0 aliphatic carbocycles. The molecule has 1 fully saturated rings. The molecule has 1 atom stereocenters. The molecule has 0 bridgehead atoms. The molecule has 0 unspecified atom stereocenters. The van der Waals surface area contributed by atoms with Crippen molar-refractivity contribution in [1.29, 1.82) is 0 Å². The zero-order valence-electron chi connectivity index (χ0n) is 20.3. The Morgan fingerprint density at radius 1 is 0.972 bits per heavy atom. The molecule has 1 aromatic heterocycles. The molecule has 7 heteroatoms. The Morgan fingerprint density at radius 3 is 2.25 bits per heavy atom. The maximum atomic E-state index is 12.7. The average Bonchev–Trinajstić information content (AvgIpc) is 3.55. The largest absolute Gasteiger partial charge is 0.441 e. The highest BCUT2D eigenvalue weighted by Crippen LogP contribution is 2.34. The fourth-order valence-corrected chi connectivity index (χ4v) is 4.82. The summed E-state index contributed by atoms with van der Waals surface area (Å²) >= 11 is 6.23. The summed E-state index contributed by atoms with van der Waals surface area (Å²) in [7, 11) is 0. The zero-order valence-corrected chi connectivity index (χ0v) is 21.1. The van der Waals surface area contributed by atoms with Crippen molar-refractivity contribution < 1.29 is 14.1 Å². The van der Waals surface area contributed by atoms with Gasteiger partial charge in [-0.2, -0.15) is 0 Å². The molecule has 0 saturated carbocycles. The Labute approximate surface area is 215 Å². The molecule has 1 aliphatic rings. The second-order valence-corrected chi connectivity index (χ2v) is 9.39. The highest BCUT2D eigenvalue weighted by molar-refractivity contribution is 6.31. The summed E-state index contributed by atoms with van der Waals surface area (Å²) in [5.41, 5.74) is 6.11. The third-order valence-corrected chi connectivity index (χ3v) is 6.88. The molecular formula is C29H28ClN3O3. The van der Waals surface area contributed by atoms with E-state index >= 15 is 0 Å². The van der Waals surface area contributed by atoms with Gasteiger partial charge in [0.05, 0.1) is 0 Å². The number of amides is 1. The summed E-state index contributed by atoms with van der Waals surface area (Å²) in [6, 6.07) is 24.0. The second kappa shape index (κ2) is 10.5. The SMILES string of the molecule is Cc1noc(-c2ccc(-c3ccc(N4CCCC4)cc3)cc2)c1NC(=O)O[C@H](C)c1ccccc1Cl. The average molecular weight is 502 g/mol. The van der Waals surface area contributed by atoms with Crippen LogP contribution in [-0.4, -0.2) is 24.3 Å². The minimum atomic E-state index is -0.607. The van der Waals surface area contributed by atoms with E-state index in [2.05, 4.69) is 39.6 Å². The van der Waals surface area contributed by atoms with Crippen LogP contribution in [-0.2, 0) is 4.74 Å². The van der Waals surface area contributed by atoms with Crippen molar-refractivity contribution in [2.75, 3.05) is 23.3 Å². The monoisotopic (exact) mass is 501 g/mol. The molecule has 5 rings (SSSR count). The maximum absolute atomic E-state index is 12.7. The normalized spacial score (nSPS) is 14.0. The van der Waals surface area contributed by atoms with Crippen molar-refractivity contribution in [1.82, 2.24) is 5.16 Å². The van der Waals surface area contributed by atoms with E-state index in [0.29, 0.717) is 22.2 Å². The first kappa shape index (κ1) is 23.9. The number of hydrogen-bond acceptors (Lipinski definition) is 5. The van der Waals surface area contributed by atoms with E-state index in [4.69, 9.17) is 20.9 Å². The van der Waals surface area contributed by atoms with Gasteiger partial charge in [-0.05, 0) is 56.0 Å². The van der Waals surface area contributed by atoms with Gasteiger partial charge in [0.1, 0.15) is 17.5 Å². The number of benzene rings is 3. The van der Waals surface area contributed by atoms with Crippen LogP contribution in [0.4, 0.5) is 16.2 Å². The summed E-state index contributed by atoms with van der Waals surface area (Å²) in [4.78, 5) is 15.1. The van der Waals surface area contributed by atoms with E-state index in [-0.39, 0.29) is 0 Å². The van der Waals surface area contributed by atoms with Crippen molar-refractivity contribution >= 4 is 29.1 Å². The van der Waals surface area contributed by atoms with E-state index in [1.54, 1.807) is 19.9 Å². The number of halogens is 1. The lowest BCUT2D eigenvalue weighted by molar-refractivity contribution is 0.121. The molecule has 6 nitrogen and oxygen atoms in total. The smallest absolute Gasteiger partial charge is 0.412 e. The summed E-state index contributed by atoms with van der Waals surface area (Å²) in [6.07, 6.45) is 1.40. The third-order valence-electron chi connectivity index (χ3n) is 6.54. The molecule has 2 heterocycles. The highest BCUT2D eigenvalue weighted by atomic mass is 35.5. The van der Waals surface area contributed by atoms with Gasteiger partial charge in [0.2, 0.25) is 0 Å². The number of anilines is 2. The van der Waals surface area contributed by atoms with E-state index in [1.807, 2.05) is 42.5 Å². The van der Waals surface area contributed by atoms with Gasteiger partial charge in [0.25, 0.3) is 0 Å². The van der Waals surface area contributed by atoms with E-state index in [9.17, 15) is 4.79 Å². The van der Waals surface area contributed by atoms with Crippen molar-refractivity contribution in [2.45, 2.75) is 32.8 Å². The van der Waals surface area contributed by atoms with Crippen molar-refractivity contribution in [3.8, 4) is 22.5 Å². The molecule has 36 heavy (non-hydrogen) atoms. The first-order valence-corrected chi connectivity index (χ1v) is 12.5. The van der Waals surface area contributed by atoms with Gasteiger partial charge in [-0.1, -0.05) is 71.4 Å². The van der Waals surface area contributed by atoms with Crippen molar-refractivity contribution in [2.24, 2.45) is 0 Å². The number of rotatable bonds is 6. The van der Waals surface area contributed by atoms with Crippen LogP contribution in [0.1, 0.15) is 37.1 Å². The number of carbonyl (C=O) groups is 1. The van der Waals surface area contributed by atoms with Crippen LogP contribution in [0.3, 0.4) is 0 Å². The standard InChI is InChI=1S/C29H28ClN3O3/c1-19-27(31-29(34)35-20(2)25-7-3-4-8-26(25)30)28(36-32-19)23-11-9-21(10-12-23)22-13-15-24(16-14-22)33-17-5-6-18-33/h3-4,7-16,20H,5-6,17-18H2,1-2H3,(H,31,34)/t20-/m1/s1. The molecule has 1 N–H and O–H groups in total. The van der Waals surface area contributed by atoms with Crippen LogP contribution >= 0.6 is 11.6 Å². The van der Waals surface area contributed by atoms with E-state index in [0.717, 1.165) is 35.3 Å². The van der Waals surface area contributed by atoms with Gasteiger partial charge in [-0.15, -0.1) is 0 Å².